The third kappa shape index (κ3) is 4.60. The zero-order chi connectivity index (χ0) is 23.5. The molecule has 0 fully saturated rings. The number of non-ortho nitro benzene ring substituents is 1. The summed E-state index contributed by atoms with van der Waals surface area (Å²) in [6, 6.07) is 19.4. The van der Waals surface area contributed by atoms with E-state index in [9.17, 15) is 25.0 Å². The van der Waals surface area contributed by atoms with Crippen LogP contribution in [0.2, 0.25) is 0 Å². The summed E-state index contributed by atoms with van der Waals surface area (Å²) in [6.45, 7) is 1.96. The largest absolute Gasteiger partial charge is 0.298 e. The molecule has 0 bridgehead atoms. The molecule has 0 aliphatic heterocycles. The van der Waals surface area contributed by atoms with Crippen LogP contribution in [0.5, 0.6) is 0 Å². The summed E-state index contributed by atoms with van der Waals surface area (Å²) in [5.74, 6) is -0.651. The number of hydrogen-bond donors (Lipinski definition) is 1. The summed E-state index contributed by atoms with van der Waals surface area (Å²) in [4.78, 5) is 39.2. The van der Waals surface area contributed by atoms with Crippen molar-refractivity contribution >= 4 is 33.8 Å². The van der Waals surface area contributed by atoms with Gasteiger partial charge in [-0.1, -0.05) is 53.3 Å². The minimum absolute atomic E-state index is 0.0370. The van der Waals surface area contributed by atoms with Gasteiger partial charge in [-0.15, -0.1) is 0 Å². The number of nitro benzene ring substituents is 2. The maximum absolute atomic E-state index is 12.8. The number of aromatic nitrogens is 1. The number of anilines is 1. The van der Waals surface area contributed by atoms with Gasteiger partial charge >= 0.3 is 0 Å². The zero-order valence-electron chi connectivity index (χ0n) is 17.2. The molecule has 0 saturated carbocycles. The van der Waals surface area contributed by atoms with Crippen LogP contribution in [0.3, 0.4) is 0 Å². The van der Waals surface area contributed by atoms with Crippen molar-refractivity contribution in [1.29, 1.82) is 0 Å². The van der Waals surface area contributed by atoms with E-state index in [2.05, 4.69) is 10.3 Å². The Balaban J connectivity index is 1.75. The first-order valence-corrected chi connectivity index (χ1v) is 10.5. The normalized spacial score (nSPS) is 10.6. The van der Waals surface area contributed by atoms with E-state index in [-0.39, 0.29) is 22.1 Å². The summed E-state index contributed by atoms with van der Waals surface area (Å²) in [6.07, 6.45) is 0. The fraction of sp³-hybridized carbons (Fsp3) is 0.0435. The molecular weight excluding hydrogens is 444 g/mol. The van der Waals surface area contributed by atoms with E-state index in [1.165, 1.54) is 41.7 Å². The molecule has 4 aromatic rings. The number of nitrogens with one attached hydrogen (secondary N) is 1. The van der Waals surface area contributed by atoms with Crippen molar-refractivity contribution in [2.24, 2.45) is 0 Å². The molecule has 0 aliphatic rings. The molecule has 164 valence electrons. The van der Waals surface area contributed by atoms with E-state index in [1.54, 1.807) is 18.2 Å². The lowest BCUT2D eigenvalue weighted by Gasteiger charge is -2.03. The van der Waals surface area contributed by atoms with Gasteiger partial charge in [0.1, 0.15) is 5.56 Å². The first-order chi connectivity index (χ1) is 15.8. The summed E-state index contributed by atoms with van der Waals surface area (Å²) in [5, 5.41) is 25.2. The van der Waals surface area contributed by atoms with Gasteiger partial charge in [0.25, 0.3) is 17.3 Å². The fourth-order valence-electron chi connectivity index (χ4n) is 3.20. The third-order valence-electron chi connectivity index (χ3n) is 4.86. The van der Waals surface area contributed by atoms with Crippen LogP contribution in [-0.2, 0) is 0 Å². The van der Waals surface area contributed by atoms with E-state index in [1.807, 2.05) is 31.2 Å². The van der Waals surface area contributed by atoms with Crippen LogP contribution in [0.25, 0.3) is 21.7 Å². The maximum atomic E-state index is 12.8. The van der Waals surface area contributed by atoms with Crippen molar-refractivity contribution in [2.45, 2.75) is 6.92 Å². The number of amides is 1. The number of nitro groups is 2. The molecule has 9 nitrogen and oxygen atoms in total. The van der Waals surface area contributed by atoms with E-state index >= 15 is 0 Å². The van der Waals surface area contributed by atoms with Crippen LogP contribution >= 0.6 is 11.3 Å². The number of hydrogen-bond acceptors (Lipinski definition) is 7. The second kappa shape index (κ2) is 8.97. The van der Waals surface area contributed by atoms with Crippen molar-refractivity contribution < 1.29 is 14.6 Å². The predicted octanol–water partition coefficient (Wildman–Crippen LogP) is 5.85. The number of carbonyl (C=O) groups excluding carboxylic acids is 1. The highest BCUT2D eigenvalue weighted by Gasteiger charge is 2.22. The molecule has 0 spiro atoms. The Morgan fingerprint density at radius 3 is 2.15 bits per heavy atom. The molecule has 10 heteroatoms. The lowest BCUT2D eigenvalue weighted by atomic mass is 10.1. The van der Waals surface area contributed by atoms with Crippen LogP contribution in [0.4, 0.5) is 16.5 Å². The van der Waals surface area contributed by atoms with Gasteiger partial charge in [-0.2, -0.15) is 0 Å². The first-order valence-electron chi connectivity index (χ1n) is 9.71. The Labute approximate surface area is 191 Å². The standard InChI is InChI=1S/C23H16N4O5S/c1-14-6-8-15(9-7-14)20-21(16-10-12-17(13-11-16)26(29)30)33-23(24-20)25-22(28)18-4-2-3-5-19(18)27(31)32/h2-13H,1H3,(H,24,25,28). The summed E-state index contributed by atoms with van der Waals surface area (Å²) in [7, 11) is 0. The fourth-order valence-corrected chi connectivity index (χ4v) is 4.19. The van der Waals surface area contributed by atoms with Gasteiger partial charge < -0.3 is 0 Å². The van der Waals surface area contributed by atoms with Crippen LogP contribution in [0, 0.1) is 27.2 Å². The van der Waals surface area contributed by atoms with Gasteiger partial charge in [-0.25, -0.2) is 4.98 Å². The smallest absolute Gasteiger partial charge is 0.282 e. The second-order valence-electron chi connectivity index (χ2n) is 7.10. The highest BCUT2D eigenvalue weighted by atomic mass is 32.1. The highest BCUT2D eigenvalue weighted by Crippen LogP contribution is 2.40. The molecule has 1 heterocycles. The van der Waals surface area contributed by atoms with Crippen molar-refractivity contribution in [3.8, 4) is 21.7 Å². The average molecular weight is 460 g/mol. The average Bonchev–Trinajstić information content (AvgIpc) is 3.23. The number of para-hydroxylation sites is 1. The molecule has 4 rings (SSSR count). The predicted molar refractivity (Wildman–Crippen MR) is 125 cm³/mol. The van der Waals surface area contributed by atoms with Crippen molar-refractivity contribution in [2.75, 3.05) is 5.32 Å². The molecule has 1 amide bonds. The van der Waals surface area contributed by atoms with Crippen LogP contribution in [-0.4, -0.2) is 20.7 Å². The van der Waals surface area contributed by atoms with Gasteiger partial charge in [0, 0.05) is 23.8 Å². The Morgan fingerprint density at radius 1 is 0.879 bits per heavy atom. The van der Waals surface area contributed by atoms with E-state index in [0.29, 0.717) is 16.1 Å². The topological polar surface area (TPSA) is 128 Å². The number of carbonyl (C=O) groups is 1. The quantitative estimate of drug-likeness (QED) is 0.284. The van der Waals surface area contributed by atoms with Gasteiger partial charge in [-0.3, -0.25) is 30.3 Å². The minimum atomic E-state index is -0.651. The second-order valence-corrected chi connectivity index (χ2v) is 8.09. The van der Waals surface area contributed by atoms with Crippen LogP contribution < -0.4 is 5.32 Å². The first kappa shape index (κ1) is 21.8. The number of benzene rings is 3. The monoisotopic (exact) mass is 460 g/mol. The Kier molecular flexibility index (Phi) is 5.92. The summed E-state index contributed by atoms with van der Waals surface area (Å²) < 4.78 is 0. The van der Waals surface area contributed by atoms with E-state index in [0.717, 1.165) is 11.1 Å². The molecule has 0 radical (unpaired) electrons. The zero-order valence-corrected chi connectivity index (χ0v) is 18.0. The molecule has 0 saturated heterocycles. The van der Waals surface area contributed by atoms with Gasteiger partial charge in [0.15, 0.2) is 5.13 Å². The Morgan fingerprint density at radius 2 is 1.52 bits per heavy atom. The van der Waals surface area contributed by atoms with Gasteiger partial charge in [-0.05, 0) is 30.7 Å². The molecule has 33 heavy (non-hydrogen) atoms. The number of aryl methyl sites for hydroxylation is 1. The molecule has 0 atom stereocenters. The summed E-state index contributed by atoms with van der Waals surface area (Å²) in [5.41, 5.74) is 2.73. The van der Waals surface area contributed by atoms with Gasteiger partial charge in [0.05, 0.1) is 20.4 Å². The molecule has 1 aromatic heterocycles. The lowest BCUT2D eigenvalue weighted by Crippen LogP contribution is -2.13. The molecule has 0 unspecified atom stereocenters. The number of rotatable bonds is 6. The molecule has 3 aromatic carbocycles. The molecular formula is C23H16N4O5S. The Bertz CT molecular complexity index is 1360. The Hall–Kier alpha value is -4.44. The lowest BCUT2D eigenvalue weighted by molar-refractivity contribution is -0.385. The van der Waals surface area contributed by atoms with E-state index in [4.69, 9.17) is 0 Å². The number of nitrogens with zero attached hydrogens (tertiary/aromatic N) is 3. The van der Waals surface area contributed by atoms with Crippen LogP contribution in [0.1, 0.15) is 15.9 Å². The highest BCUT2D eigenvalue weighted by molar-refractivity contribution is 7.19. The van der Waals surface area contributed by atoms with Crippen LogP contribution in [0.15, 0.2) is 72.8 Å². The van der Waals surface area contributed by atoms with Crippen molar-refractivity contribution in [1.82, 2.24) is 4.98 Å². The minimum Gasteiger partial charge on any atom is -0.298 e. The van der Waals surface area contributed by atoms with Gasteiger partial charge in [0.2, 0.25) is 0 Å². The maximum Gasteiger partial charge on any atom is 0.282 e. The molecule has 1 N–H and O–H groups in total. The van der Waals surface area contributed by atoms with E-state index < -0.39 is 15.8 Å². The third-order valence-corrected chi connectivity index (χ3v) is 5.88. The molecule has 0 aliphatic carbocycles. The van der Waals surface area contributed by atoms with Crippen molar-refractivity contribution in [3.63, 3.8) is 0 Å². The SMILES string of the molecule is Cc1ccc(-c2nc(NC(=O)c3ccccc3[N+](=O)[O-])sc2-c2ccc([N+](=O)[O-])cc2)cc1. The summed E-state index contributed by atoms with van der Waals surface area (Å²) >= 11 is 1.18. The number of thiazole rings is 1. The van der Waals surface area contributed by atoms with Crippen molar-refractivity contribution in [3.05, 3.63) is 104 Å².